The molecule has 0 spiro atoms. The van der Waals surface area contributed by atoms with Crippen LogP contribution in [0.5, 0.6) is 0 Å². The quantitative estimate of drug-likeness (QED) is 0.722. The number of alkyl carbamates (subject to hydrolysis) is 1. The highest BCUT2D eigenvalue weighted by Crippen LogP contribution is 2.06. The van der Waals surface area contributed by atoms with Gasteiger partial charge in [0.25, 0.3) is 0 Å². The SMILES string of the molecule is Cc1cnn(CCCN)c1.Cc1cnn(CCCNC(=O)OC(C)(C)C)c1. The summed E-state index contributed by atoms with van der Waals surface area (Å²) in [4.78, 5) is 11.3. The van der Waals surface area contributed by atoms with Crippen LogP contribution in [0.1, 0.15) is 44.7 Å². The standard InChI is InChI=1S/C12H21N3O2.C7H13N3/c1-10-8-14-15(9-10)7-5-6-13-11(16)17-12(2,3)4;1-7-5-9-10(6-7)4-2-3-8/h8-9H,5-7H2,1-4H3,(H,13,16);5-6H,2-4,8H2,1H3. The minimum absolute atomic E-state index is 0.367. The lowest BCUT2D eigenvalue weighted by Gasteiger charge is -2.19. The van der Waals surface area contributed by atoms with Gasteiger partial charge in [-0.15, -0.1) is 0 Å². The smallest absolute Gasteiger partial charge is 0.407 e. The van der Waals surface area contributed by atoms with Gasteiger partial charge in [0.15, 0.2) is 0 Å². The Balaban J connectivity index is 0.000000309. The van der Waals surface area contributed by atoms with E-state index in [1.807, 2.05) is 68.8 Å². The fourth-order valence-electron chi connectivity index (χ4n) is 2.18. The van der Waals surface area contributed by atoms with Crippen molar-refractivity contribution in [2.75, 3.05) is 13.1 Å². The number of rotatable bonds is 7. The van der Waals surface area contributed by atoms with Gasteiger partial charge in [-0.1, -0.05) is 0 Å². The number of hydrogen-bond acceptors (Lipinski definition) is 5. The number of aryl methyl sites for hydroxylation is 4. The Hall–Kier alpha value is -2.35. The minimum atomic E-state index is -0.441. The Morgan fingerprint density at radius 3 is 2.00 bits per heavy atom. The summed E-state index contributed by atoms with van der Waals surface area (Å²) in [5.74, 6) is 0. The van der Waals surface area contributed by atoms with Crippen molar-refractivity contribution in [2.45, 2.75) is 66.2 Å². The van der Waals surface area contributed by atoms with Crippen molar-refractivity contribution >= 4 is 6.09 Å². The topological polar surface area (TPSA) is 100.0 Å². The summed E-state index contributed by atoms with van der Waals surface area (Å²) in [7, 11) is 0. The Morgan fingerprint density at radius 2 is 1.59 bits per heavy atom. The van der Waals surface area contributed by atoms with Gasteiger partial charge in [-0.05, 0) is 65.1 Å². The van der Waals surface area contributed by atoms with E-state index in [4.69, 9.17) is 10.5 Å². The number of nitrogens with zero attached hydrogens (tertiary/aromatic N) is 4. The van der Waals surface area contributed by atoms with Crippen LogP contribution in [0, 0.1) is 13.8 Å². The molecule has 0 atom stereocenters. The summed E-state index contributed by atoms with van der Waals surface area (Å²) in [6.07, 6.45) is 9.15. The van der Waals surface area contributed by atoms with Crippen LogP contribution in [-0.2, 0) is 17.8 Å². The third-order valence-corrected chi connectivity index (χ3v) is 3.35. The molecule has 8 heteroatoms. The summed E-state index contributed by atoms with van der Waals surface area (Å²) < 4.78 is 8.91. The van der Waals surface area contributed by atoms with Gasteiger partial charge in [-0.3, -0.25) is 9.36 Å². The lowest BCUT2D eigenvalue weighted by molar-refractivity contribution is 0.0526. The van der Waals surface area contributed by atoms with Crippen molar-refractivity contribution in [1.82, 2.24) is 24.9 Å². The van der Waals surface area contributed by atoms with Crippen LogP contribution in [-0.4, -0.2) is 44.3 Å². The maximum absolute atomic E-state index is 11.3. The molecule has 0 saturated carbocycles. The van der Waals surface area contributed by atoms with E-state index in [0.717, 1.165) is 38.0 Å². The first-order valence-corrected chi connectivity index (χ1v) is 9.34. The molecule has 0 unspecified atom stereocenters. The lowest BCUT2D eigenvalue weighted by Crippen LogP contribution is -2.33. The number of carbonyl (C=O) groups excluding carboxylic acids is 1. The predicted molar refractivity (Wildman–Crippen MR) is 106 cm³/mol. The molecule has 0 aliphatic carbocycles. The van der Waals surface area contributed by atoms with Gasteiger partial charge in [0.1, 0.15) is 5.60 Å². The van der Waals surface area contributed by atoms with Crippen molar-refractivity contribution < 1.29 is 9.53 Å². The average Bonchev–Trinajstić information content (AvgIpc) is 3.17. The molecule has 8 nitrogen and oxygen atoms in total. The Labute approximate surface area is 162 Å². The van der Waals surface area contributed by atoms with Crippen molar-refractivity contribution in [3.63, 3.8) is 0 Å². The van der Waals surface area contributed by atoms with Gasteiger partial charge in [0, 0.05) is 32.0 Å². The van der Waals surface area contributed by atoms with Crippen LogP contribution < -0.4 is 11.1 Å². The molecule has 152 valence electrons. The van der Waals surface area contributed by atoms with Crippen LogP contribution in [0.25, 0.3) is 0 Å². The molecular formula is C19H34N6O2. The largest absolute Gasteiger partial charge is 0.444 e. The molecule has 3 N–H and O–H groups in total. The summed E-state index contributed by atoms with van der Waals surface area (Å²) in [6.45, 7) is 12.6. The van der Waals surface area contributed by atoms with E-state index in [9.17, 15) is 4.79 Å². The molecule has 0 fully saturated rings. The number of ether oxygens (including phenoxy) is 1. The number of amides is 1. The number of aromatic nitrogens is 4. The van der Waals surface area contributed by atoms with Crippen LogP contribution in [0.4, 0.5) is 4.79 Å². The van der Waals surface area contributed by atoms with Gasteiger partial charge in [0.05, 0.1) is 12.4 Å². The molecule has 2 heterocycles. The van der Waals surface area contributed by atoms with Crippen LogP contribution in [0.3, 0.4) is 0 Å². The second kappa shape index (κ2) is 11.4. The second-order valence-electron chi connectivity index (χ2n) is 7.49. The molecule has 1 amide bonds. The van der Waals surface area contributed by atoms with E-state index >= 15 is 0 Å². The molecule has 0 bridgehead atoms. The van der Waals surface area contributed by atoms with Gasteiger partial charge in [-0.25, -0.2) is 4.79 Å². The van der Waals surface area contributed by atoms with Gasteiger partial charge in [-0.2, -0.15) is 10.2 Å². The van der Waals surface area contributed by atoms with Crippen LogP contribution >= 0.6 is 0 Å². The first kappa shape index (κ1) is 22.7. The maximum Gasteiger partial charge on any atom is 0.407 e. The van der Waals surface area contributed by atoms with Crippen LogP contribution in [0.15, 0.2) is 24.8 Å². The van der Waals surface area contributed by atoms with Crippen molar-refractivity contribution in [2.24, 2.45) is 5.73 Å². The zero-order valence-corrected chi connectivity index (χ0v) is 17.2. The summed E-state index contributed by atoms with van der Waals surface area (Å²) in [6, 6.07) is 0. The summed E-state index contributed by atoms with van der Waals surface area (Å²) in [5, 5.41) is 11.0. The van der Waals surface area contributed by atoms with Crippen molar-refractivity contribution in [1.29, 1.82) is 0 Å². The number of nitrogens with two attached hydrogens (primary N) is 1. The molecule has 2 rings (SSSR count). The van der Waals surface area contributed by atoms with E-state index in [0.29, 0.717) is 6.54 Å². The first-order chi connectivity index (χ1) is 12.7. The maximum atomic E-state index is 11.3. The second-order valence-corrected chi connectivity index (χ2v) is 7.49. The Kier molecular flexibility index (Phi) is 9.56. The van der Waals surface area contributed by atoms with E-state index in [-0.39, 0.29) is 6.09 Å². The summed E-state index contributed by atoms with van der Waals surface area (Å²) >= 11 is 0. The van der Waals surface area contributed by atoms with E-state index in [1.165, 1.54) is 5.56 Å². The number of nitrogens with one attached hydrogen (secondary N) is 1. The molecule has 0 aromatic carbocycles. The molecule has 2 aromatic heterocycles. The highest BCUT2D eigenvalue weighted by Gasteiger charge is 2.15. The highest BCUT2D eigenvalue weighted by molar-refractivity contribution is 5.67. The Bertz CT molecular complexity index is 672. The molecule has 0 radical (unpaired) electrons. The zero-order valence-electron chi connectivity index (χ0n) is 17.2. The molecule has 0 saturated heterocycles. The third kappa shape index (κ3) is 11.1. The predicted octanol–water partition coefficient (Wildman–Crippen LogP) is 2.65. The molecule has 0 aliphatic rings. The van der Waals surface area contributed by atoms with E-state index in [1.54, 1.807) is 0 Å². The molecular weight excluding hydrogens is 344 g/mol. The summed E-state index contributed by atoms with van der Waals surface area (Å²) in [5.41, 5.74) is 7.25. The van der Waals surface area contributed by atoms with Crippen molar-refractivity contribution in [3.05, 3.63) is 35.9 Å². The molecule has 27 heavy (non-hydrogen) atoms. The van der Waals surface area contributed by atoms with E-state index < -0.39 is 5.60 Å². The number of carbonyl (C=O) groups is 1. The fraction of sp³-hybridized carbons (Fsp3) is 0.632. The van der Waals surface area contributed by atoms with E-state index in [2.05, 4.69) is 15.5 Å². The molecule has 0 aliphatic heterocycles. The molecule has 2 aromatic rings. The third-order valence-electron chi connectivity index (χ3n) is 3.35. The van der Waals surface area contributed by atoms with Gasteiger partial charge < -0.3 is 15.8 Å². The monoisotopic (exact) mass is 378 g/mol. The number of hydrogen-bond donors (Lipinski definition) is 2. The fourth-order valence-corrected chi connectivity index (χ4v) is 2.18. The normalized spacial score (nSPS) is 10.9. The van der Waals surface area contributed by atoms with Crippen LogP contribution in [0.2, 0.25) is 0 Å². The lowest BCUT2D eigenvalue weighted by atomic mass is 10.2. The van der Waals surface area contributed by atoms with Gasteiger partial charge in [0.2, 0.25) is 0 Å². The minimum Gasteiger partial charge on any atom is -0.444 e. The van der Waals surface area contributed by atoms with Crippen molar-refractivity contribution in [3.8, 4) is 0 Å². The average molecular weight is 379 g/mol. The first-order valence-electron chi connectivity index (χ1n) is 9.34. The van der Waals surface area contributed by atoms with Gasteiger partial charge >= 0.3 is 6.09 Å². The Morgan fingerprint density at radius 1 is 1.07 bits per heavy atom. The zero-order chi connectivity index (χ0) is 20.3. The highest BCUT2D eigenvalue weighted by atomic mass is 16.6.